The fourth-order valence-electron chi connectivity index (χ4n) is 5.75. The minimum absolute atomic E-state index is 0.0772. The summed E-state index contributed by atoms with van der Waals surface area (Å²) in [4.78, 5) is 52.3. The number of nitrogens with zero attached hydrogens (tertiary/aromatic N) is 6. The molecule has 0 aliphatic carbocycles. The van der Waals surface area contributed by atoms with Crippen molar-refractivity contribution < 1.29 is 33.7 Å². The van der Waals surface area contributed by atoms with E-state index in [4.69, 9.17) is 25.7 Å². The average molecular weight is 769 g/mol. The SMILES string of the molecule is NCCOc1cc(NC(=O)c2cc(OCc3cn(Cc4ccc(C(=O)O)cc4)nn3)cc(C(=O)Nc3cc(OCCN)c4ccccc4n3)n2)nc2ccccc12. The molecule has 0 saturated carbocycles. The molecular formula is C40H36N10O7. The van der Waals surface area contributed by atoms with Gasteiger partial charge in [-0.15, -0.1) is 5.10 Å². The number of hydrogen-bond acceptors (Lipinski definition) is 13. The molecule has 4 aromatic heterocycles. The predicted octanol–water partition coefficient (Wildman–Crippen LogP) is 4.27. The number of aromatic carboxylic acids is 1. The summed E-state index contributed by atoms with van der Waals surface area (Å²) in [7, 11) is 0. The number of carbonyl (C=O) groups is 3. The highest BCUT2D eigenvalue weighted by Crippen LogP contribution is 2.29. The van der Waals surface area contributed by atoms with Gasteiger partial charge < -0.3 is 41.4 Å². The molecule has 17 nitrogen and oxygen atoms in total. The normalized spacial score (nSPS) is 11.0. The number of pyridine rings is 3. The number of hydrogen-bond donors (Lipinski definition) is 5. The van der Waals surface area contributed by atoms with Crippen molar-refractivity contribution in [2.75, 3.05) is 36.9 Å². The van der Waals surface area contributed by atoms with Gasteiger partial charge in [-0.05, 0) is 42.0 Å². The molecule has 288 valence electrons. The zero-order valence-corrected chi connectivity index (χ0v) is 30.3. The lowest BCUT2D eigenvalue weighted by Crippen LogP contribution is -2.20. The molecule has 0 spiro atoms. The maximum atomic E-state index is 13.8. The van der Waals surface area contributed by atoms with Gasteiger partial charge in [0.1, 0.15) is 65.8 Å². The molecule has 0 aliphatic heterocycles. The van der Waals surface area contributed by atoms with Gasteiger partial charge in [0.05, 0.1) is 29.3 Å². The van der Waals surface area contributed by atoms with E-state index in [0.29, 0.717) is 34.8 Å². The van der Waals surface area contributed by atoms with Crippen molar-refractivity contribution in [3.8, 4) is 17.2 Å². The number of aromatic nitrogens is 6. The zero-order valence-electron chi connectivity index (χ0n) is 30.3. The van der Waals surface area contributed by atoms with Crippen molar-refractivity contribution in [3.63, 3.8) is 0 Å². The zero-order chi connectivity index (χ0) is 39.7. The van der Waals surface area contributed by atoms with Gasteiger partial charge in [0.25, 0.3) is 11.8 Å². The number of nitrogens with one attached hydrogen (secondary N) is 2. The third kappa shape index (κ3) is 9.25. The quantitative estimate of drug-likeness (QED) is 0.0922. The summed E-state index contributed by atoms with van der Waals surface area (Å²) >= 11 is 0. The highest BCUT2D eigenvalue weighted by atomic mass is 16.5. The second kappa shape index (κ2) is 17.3. The summed E-state index contributed by atoms with van der Waals surface area (Å²) in [6.07, 6.45) is 1.67. The Bertz CT molecular complexity index is 2460. The summed E-state index contributed by atoms with van der Waals surface area (Å²) in [6, 6.07) is 27.0. The summed E-state index contributed by atoms with van der Waals surface area (Å²) in [6.45, 7) is 1.33. The maximum Gasteiger partial charge on any atom is 0.335 e. The first-order valence-corrected chi connectivity index (χ1v) is 17.7. The van der Waals surface area contributed by atoms with E-state index in [0.717, 1.165) is 16.3 Å². The van der Waals surface area contributed by atoms with Gasteiger partial charge in [-0.3, -0.25) is 9.59 Å². The van der Waals surface area contributed by atoms with Crippen molar-refractivity contribution in [3.05, 3.63) is 131 Å². The van der Waals surface area contributed by atoms with E-state index in [9.17, 15) is 19.5 Å². The standard InChI is InChI=1S/C40H36N10O7/c41-13-15-55-34-19-36(44-30-7-3-1-5-28(30)34)46-38(51)32-17-27(57-23-26-22-50(49-48-26)21-24-9-11-25(12-10-24)40(53)54)18-33(43-32)39(52)47-37-20-35(56-16-14-42)29-6-2-4-8-31(29)45-37/h1-12,17-20,22H,13-16,21,23,41-42H2,(H,53,54)(H,44,46,51)(H,45,47,52). The molecule has 0 bridgehead atoms. The van der Waals surface area contributed by atoms with Crippen LogP contribution in [0.1, 0.15) is 42.6 Å². The maximum absolute atomic E-state index is 13.8. The number of carboxylic acid groups (broad SMARTS) is 1. The van der Waals surface area contributed by atoms with Crippen molar-refractivity contribution in [1.82, 2.24) is 29.9 Å². The largest absolute Gasteiger partial charge is 0.491 e. The summed E-state index contributed by atoms with van der Waals surface area (Å²) < 4.78 is 19.3. The minimum Gasteiger partial charge on any atom is -0.491 e. The Morgan fingerprint density at radius 1 is 0.684 bits per heavy atom. The fourth-order valence-corrected chi connectivity index (χ4v) is 5.75. The molecule has 0 aliphatic rings. The number of rotatable bonds is 16. The number of carbonyl (C=O) groups excluding carboxylic acids is 2. The predicted molar refractivity (Wildman–Crippen MR) is 210 cm³/mol. The van der Waals surface area contributed by atoms with Crippen LogP contribution < -0.4 is 36.3 Å². The summed E-state index contributed by atoms with van der Waals surface area (Å²) in [5.41, 5.74) is 13.6. The van der Waals surface area contributed by atoms with Gasteiger partial charge in [0, 0.05) is 48.1 Å². The molecular weight excluding hydrogens is 733 g/mol. The van der Waals surface area contributed by atoms with E-state index < -0.39 is 17.8 Å². The molecule has 7 aromatic rings. The van der Waals surface area contributed by atoms with Crippen molar-refractivity contribution in [2.45, 2.75) is 13.2 Å². The van der Waals surface area contributed by atoms with Gasteiger partial charge in [-0.2, -0.15) is 0 Å². The van der Waals surface area contributed by atoms with Crippen LogP contribution in [0, 0.1) is 0 Å². The highest BCUT2D eigenvalue weighted by molar-refractivity contribution is 6.07. The number of para-hydroxylation sites is 2. The number of nitrogens with two attached hydrogens (primary N) is 2. The van der Waals surface area contributed by atoms with Crippen molar-refractivity contribution in [2.24, 2.45) is 11.5 Å². The lowest BCUT2D eigenvalue weighted by Gasteiger charge is -2.13. The molecule has 0 atom stereocenters. The van der Waals surface area contributed by atoms with Crippen LogP contribution in [-0.4, -0.2) is 79.1 Å². The number of benzene rings is 3. The molecule has 57 heavy (non-hydrogen) atoms. The van der Waals surface area contributed by atoms with Crippen molar-refractivity contribution >= 4 is 51.2 Å². The molecule has 17 heteroatoms. The number of anilines is 2. The van der Waals surface area contributed by atoms with Crippen LogP contribution in [0.3, 0.4) is 0 Å². The molecule has 4 heterocycles. The van der Waals surface area contributed by atoms with Crippen LogP contribution in [-0.2, 0) is 13.2 Å². The van der Waals surface area contributed by atoms with Crippen molar-refractivity contribution in [1.29, 1.82) is 0 Å². The second-order valence-electron chi connectivity index (χ2n) is 12.5. The van der Waals surface area contributed by atoms with Crippen LogP contribution in [0.15, 0.2) is 103 Å². The number of ether oxygens (including phenoxy) is 3. The van der Waals surface area contributed by atoms with E-state index in [2.05, 4.69) is 35.9 Å². The Labute approximate surface area is 324 Å². The van der Waals surface area contributed by atoms with Gasteiger partial charge in [0.2, 0.25) is 0 Å². The third-order valence-corrected chi connectivity index (χ3v) is 8.37. The molecule has 0 saturated heterocycles. The van der Waals surface area contributed by atoms with Gasteiger partial charge >= 0.3 is 5.97 Å². The highest BCUT2D eigenvalue weighted by Gasteiger charge is 2.19. The van der Waals surface area contributed by atoms with Crippen LogP contribution in [0.4, 0.5) is 11.6 Å². The first-order valence-electron chi connectivity index (χ1n) is 17.7. The first kappa shape index (κ1) is 37.8. The minimum atomic E-state index is -1.01. The molecule has 0 radical (unpaired) electrons. The Hall–Kier alpha value is -7.50. The Kier molecular flexibility index (Phi) is 11.5. The monoisotopic (exact) mass is 768 g/mol. The molecule has 0 unspecified atom stereocenters. The van der Waals surface area contributed by atoms with E-state index in [1.54, 1.807) is 47.3 Å². The number of amides is 2. The van der Waals surface area contributed by atoms with E-state index in [1.165, 1.54) is 24.3 Å². The molecule has 2 amide bonds. The van der Waals surface area contributed by atoms with Gasteiger partial charge in [-0.25, -0.2) is 24.4 Å². The van der Waals surface area contributed by atoms with E-state index in [1.807, 2.05) is 36.4 Å². The smallest absolute Gasteiger partial charge is 0.335 e. The lowest BCUT2D eigenvalue weighted by molar-refractivity contribution is 0.0696. The van der Waals surface area contributed by atoms with Crippen LogP contribution in [0.25, 0.3) is 21.8 Å². The summed E-state index contributed by atoms with van der Waals surface area (Å²) in [5.74, 6) is -0.904. The average Bonchev–Trinajstić information content (AvgIpc) is 3.68. The third-order valence-electron chi connectivity index (χ3n) is 8.37. The Balaban J connectivity index is 1.15. The lowest BCUT2D eigenvalue weighted by atomic mass is 10.1. The van der Waals surface area contributed by atoms with Gasteiger partial charge in [-0.1, -0.05) is 41.6 Å². The van der Waals surface area contributed by atoms with E-state index in [-0.39, 0.29) is 67.2 Å². The fraction of sp³-hybridized carbons (Fsp3) is 0.150. The number of fused-ring (bicyclic) bond motifs is 2. The van der Waals surface area contributed by atoms with E-state index >= 15 is 0 Å². The second-order valence-corrected chi connectivity index (χ2v) is 12.5. The molecule has 7 N–H and O–H groups in total. The van der Waals surface area contributed by atoms with Crippen LogP contribution in [0.5, 0.6) is 17.2 Å². The van der Waals surface area contributed by atoms with Crippen LogP contribution in [0.2, 0.25) is 0 Å². The molecule has 3 aromatic carbocycles. The first-order chi connectivity index (χ1) is 27.8. The Morgan fingerprint density at radius 2 is 1.23 bits per heavy atom. The van der Waals surface area contributed by atoms with Gasteiger partial charge in [0.15, 0.2) is 0 Å². The molecule has 7 rings (SSSR count). The molecule has 0 fully saturated rings. The summed E-state index contributed by atoms with van der Waals surface area (Å²) in [5, 5.41) is 24.5. The number of carboxylic acids is 1. The van der Waals surface area contributed by atoms with Crippen LogP contribution >= 0.6 is 0 Å². The topological polar surface area (TPSA) is 245 Å². The Morgan fingerprint density at radius 3 is 1.75 bits per heavy atom.